The molecule has 1 N–H and O–H groups in total. The topological polar surface area (TPSA) is 63.3 Å². The van der Waals surface area contributed by atoms with Gasteiger partial charge >= 0.3 is 5.97 Å². The van der Waals surface area contributed by atoms with E-state index in [4.69, 9.17) is 9.52 Å². The Balaban J connectivity index is 2.41. The molecule has 4 nitrogen and oxygen atoms in total. The lowest BCUT2D eigenvalue weighted by Crippen LogP contribution is -1.99. The van der Waals surface area contributed by atoms with Gasteiger partial charge in [0.2, 0.25) is 11.7 Å². The third-order valence-electron chi connectivity index (χ3n) is 2.51. The van der Waals surface area contributed by atoms with Gasteiger partial charge in [0.15, 0.2) is 0 Å². The van der Waals surface area contributed by atoms with E-state index in [1.165, 1.54) is 0 Å². The van der Waals surface area contributed by atoms with Gasteiger partial charge in [-0.2, -0.15) is 0 Å². The Hall–Kier alpha value is -1.32. The first-order chi connectivity index (χ1) is 6.03. The van der Waals surface area contributed by atoms with Crippen molar-refractivity contribution < 1.29 is 14.3 Å². The van der Waals surface area contributed by atoms with Gasteiger partial charge in [0.1, 0.15) is 0 Å². The summed E-state index contributed by atoms with van der Waals surface area (Å²) < 4.78 is 5.19. The van der Waals surface area contributed by atoms with E-state index >= 15 is 0 Å². The van der Waals surface area contributed by atoms with Crippen LogP contribution in [0.3, 0.4) is 0 Å². The number of carbonyl (C=O) groups is 1. The molecule has 2 rings (SSSR count). The zero-order chi connectivity index (χ0) is 9.64. The summed E-state index contributed by atoms with van der Waals surface area (Å²) in [6.07, 6.45) is 2.07. The van der Waals surface area contributed by atoms with E-state index in [0.717, 1.165) is 12.8 Å². The summed E-state index contributed by atoms with van der Waals surface area (Å²) in [7, 11) is 0. The number of aromatic nitrogens is 1. The van der Waals surface area contributed by atoms with Crippen LogP contribution in [0.5, 0.6) is 0 Å². The van der Waals surface area contributed by atoms with Crippen molar-refractivity contribution >= 4 is 5.97 Å². The minimum Gasteiger partial charge on any atom is -0.475 e. The van der Waals surface area contributed by atoms with E-state index in [-0.39, 0.29) is 11.2 Å². The molecule has 70 valence electrons. The maximum absolute atomic E-state index is 10.6. The highest BCUT2D eigenvalue weighted by Crippen LogP contribution is 2.47. The number of aryl methyl sites for hydroxylation is 1. The molecule has 1 fully saturated rings. The molecule has 0 bridgehead atoms. The molecule has 1 aromatic rings. The van der Waals surface area contributed by atoms with Crippen LogP contribution in [0.25, 0.3) is 0 Å². The van der Waals surface area contributed by atoms with Crippen LogP contribution in [0.4, 0.5) is 0 Å². The van der Waals surface area contributed by atoms with Crippen LogP contribution in [0.2, 0.25) is 0 Å². The second-order valence-corrected chi connectivity index (χ2v) is 3.80. The quantitative estimate of drug-likeness (QED) is 0.754. The average molecular weight is 181 g/mol. The van der Waals surface area contributed by atoms with Crippen molar-refractivity contribution in [2.24, 2.45) is 0 Å². The summed E-state index contributed by atoms with van der Waals surface area (Å²) >= 11 is 0. The largest absolute Gasteiger partial charge is 0.475 e. The molecule has 0 radical (unpaired) electrons. The summed E-state index contributed by atoms with van der Waals surface area (Å²) in [5.41, 5.74) is 0.467. The maximum Gasteiger partial charge on any atom is 0.373 e. The normalized spacial score (nSPS) is 18.6. The lowest BCUT2D eigenvalue weighted by Gasteiger charge is -1.98. The minimum absolute atomic E-state index is 0.00153. The zero-order valence-corrected chi connectivity index (χ0v) is 7.63. The van der Waals surface area contributed by atoms with Crippen LogP contribution in [0, 0.1) is 6.92 Å². The fourth-order valence-electron chi connectivity index (χ4n) is 1.25. The van der Waals surface area contributed by atoms with Crippen LogP contribution in [-0.2, 0) is 5.41 Å². The SMILES string of the molecule is Cc1nc(C2(C)CC2)oc1C(=O)O. The monoisotopic (exact) mass is 181 g/mol. The van der Waals surface area contributed by atoms with Crippen LogP contribution < -0.4 is 0 Å². The summed E-state index contributed by atoms with van der Waals surface area (Å²) in [4.78, 5) is 14.8. The molecule has 0 saturated heterocycles. The van der Waals surface area contributed by atoms with Gasteiger partial charge in [0.25, 0.3) is 0 Å². The Bertz CT molecular complexity index is 363. The summed E-state index contributed by atoms with van der Waals surface area (Å²) in [6.45, 7) is 3.69. The Kier molecular flexibility index (Phi) is 1.49. The molecule has 1 aliphatic carbocycles. The molecular formula is C9H11NO3. The number of nitrogens with zero attached hydrogens (tertiary/aromatic N) is 1. The number of rotatable bonds is 2. The summed E-state index contributed by atoms with van der Waals surface area (Å²) in [5.74, 6) is -0.494. The molecule has 13 heavy (non-hydrogen) atoms. The van der Waals surface area contributed by atoms with E-state index < -0.39 is 5.97 Å². The van der Waals surface area contributed by atoms with Crippen LogP contribution in [0.15, 0.2) is 4.42 Å². The predicted molar refractivity (Wildman–Crippen MR) is 44.8 cm³/mol. The third kappa shape index (κ3) is 1.22. The first kappa shape index (κ1) is 8.29. The van der Waals surface area contributed by atoms with Gasteiger partial charge < -0.3 is 9.52 Å². The summed E-state index contributed by atoms with van der Waals surface area (Å²) in [5, 5.41) is 8.73. The smallest absolute Gasteiger partial charge is 0.373 e. The van der Waals surface area contributed by atoms with Crippen molar-refractivity contribution in [3.63, 3.8) is 0 Å². The highest BCUT2D eigenvalue weighted by atomic mass is 16.4. The van der Waals surface area contributed by atoms with Crippen molar-refractivity contribution in [1.82, 2.24) is 4.98 Å². The van der Waals surface area contributed by atoms with Crippen LogP contribution in [-0.4, -0.2) is 16.1 Å². The number of hydrogen-bond acceptors (Lipinski definition) is 3. The van der Waals surface area contributed by atoms with Crippen molar-refractivity contribution in [1.29, 1.82) is 0 Å². The lowest BCUT2D eigenvalue weighted by molar-refractivity contribution is 0.0658. The standard InChI is InChI=1S/C9H11NO3/c1-5-6(7(11)12)13-8(10-5)9(2)3-4-9/h3-4H2,1-2H3,(H,11,12). The molecule has 1 aliphatic rings. The van der Waals surface area contributed by atoms with E-state index in [1.807, 2.05) is 6.92 Å². The van der Waals surface area contributed by atoms with Gasteiger partial charge in [-0.1, -0.05) is 6.92 Å². The molecule has 0 atom stereocenters. The molecule has 1 aromatic heterocycles. The molecule has 0 amide bonds. The van der Waals surface area contributed by atoms with Crippen molar-refractivity contribution in [2.45, 2.75) is 32.1 Å². The Morgan fingerprint density at radius 1 is 1.62 bits per heavy atom. The van der Waals surface area contributed by atoms with Gasteiger partial charge in [-0.25, -0.2) is 9.78 Å². The number of carboxylic acid groups (broad SMARTS) is 1. The van der Waals surface area contributed by atoms with Crippen molar-refractivity contribution in [3.8, 4) is 0 Å². The van der Waals surface area contributed by atoms with Crippen molar-refractivity contribution in [3.05, 3.63) is 17.3 Å². The van der Waals surface area contributed by atoms with Gasteiger partial charge in [0, 0.05) is 5.41 Å². The molecular weight excluding hydrogens is 170 g/mol. The second-order valence-electron chi connectivity index (χ2n) is 3.80. The Morgan fingerprint density at radius 2 is 2.23 bits per heavy atom. The van der Waals surface area contributed by atoms with Gasteiger partial charge in [-0.3, -0.25) is 0 Å². The number of aromatic carboxylic acids is 1. The number of oxazole rings is 1. The molecule has 1 heterocycles. The first-order valence-electron chi connectivity index (χ1n) is 4.24. The highest BCUT2D eigenvalue weighted by molar-refractivity contribution is 5.85. The zero-order valence-electron chi connectivity index (χ0n) is 7.63. The highest BCUT2D eigenvalue weighted by Gasteiger charge is 2.44. The number of hydrogen-bond donors (Lipinski definition) is 1. The fourth-order valence-corrected chi connectivity index (χ4v) is 1.25. The predicted octanol–water partition coefficient (Wildman–Crippen LogP) is 1.73. The first-order valence-corrected chi connectivity index (χ1v) is 4.24. The average Bonchev–Trinajstić information content (AvgIpc) is 2.63. The molecule has 0 aliphatic heterocycles. The van der Waals surface area contributed by atoms with E-state index in [1.54, 1.807) is 6.92 Å². The molecule has 0 aromatic carbocycles. The lowest BCUT2D eigenvalue weighted by atomic mass is 10.1. The van der Waals surface area contributed by atoms with E-state index in [0.29, 0.717) is 11.6 Å². The van der Waals surface area contributed by atoms with Gasteiger partial charge in [0.05, 0.1) is 5.69 Å². The third-order valence-corrected chi connectivity index (χ3v) is 2.51. The Labute approximate surface area is 75.6 Å². The second kappa shape index (κ2) is 2.34. The maximum atomic E-state index is 10.6. The molecule has 4 heteroatoms. The van der Waals surface area contributed by atoms with Crippen LogP contribution in [0.1, 0.15) is 41.9 Å². The number of carboxylic acids is 1. The molecule has 1 saturated carbocycles. The van der Waals surface area contributed by atoms with Crippen molar-refractivity contribution in [2.75, 3.05) is 0 Å². The van der Waals surface area contributed by atoms with Gasteiger partial charge in [-0.15, -0.1) is 0 Å². The van der Waals surface area contributed by atoms with Crippen LogP contribution >= 0.6 is 0 Å². The molecule has 0 unspecified atom stereocenters. The Morgan fingerprint density at radius 3 is 2.62 bits per heavy atom. The fraction of sp³-hybridized carbons (Fsp3) is 0.556. The molecule has 0 spiro atoms. The van der Waals surface area contributed by atoms with Gasteiger partial charge in [-0.05, 0) is 19.8 Å². The van der Waals surface area contributed by atoms with E-state index in [9.17, 15) is 4.79 Å². The minimum atomic E-state index is -1.04. The summed E-state index contributed by atoms with van der Waals surface area (Å²) in [6, 6.07) is 0. The van der Waals surface area contributed by atoms with E-state index in [2.05, 4.69) is 4.98 Å².